The van der Waals surface area contributed by atoms with Gasteiger partial charge in [-0.05, 0) is 23.8 Å². The molecule has 0 spiro atoms. The second-order valence-corrected chi connectivity index (χ2v) is 7.57. The third kappa shape index (κ3) is 5.12. The maximum atomic E-state index is 12.0. The van der Waals surface area contributed by atoms with Crippen molar-refractivity contribution < 1.29 is 24.0 Å². The molecule has 0 unspecified atom stereocenters. The second-order valence-electron chi connectivity index (χ2n) is 6.50. The van der Waals surface area contributed by atoms with Crippen molar-refractivity contribution in [1.29, 1.82) is 0 Å². The van der Waals surface area contributed by atoms with E-state index >= 15 is 0 Å². The molecule has 0 radical (unpaired) electrons. The van der Waals surface area contributed by atoms with Gasteiger partial charge in [0.1, 0.15) is 12.0 Å². The quantitative estimate of drug-likeness (QED) is 0.536. The normalized spacial score (nSPS) is 15.3. The first-order valence-corrected chi connectivity index (χ1v) is 10.0. The molecule has 162 valence electrons. The number of carbonyl (C=O) groups is 2. The number of benzene rings is 2. The molecule has 0 aromatic heterocycles. The highest BCUT2D eigenvalue weighted by atomic mass is 32.2. The third-order valence-electron chi connectivity index (χ3n) is 4.29. The van der Waals surface area contributed by atoms with Crippen LogP contribution >= 0.6 is 11.8 Å². The number of nitro benzene ring substituents is 1. The summed E-state index contributed by atoms with van der Waals surface area (Å²) in [6.07, 6.45) is 0. The van der Waals surface area contributed by atoms with Crippen LogP contribution in [0.1, 0.15) is 30.3 Å². The van der Waals surface area contributed by atoms with Gasteiger partial charge in [0, 0.05) is 19.9 Å². The lowest BCUT2D eigenvalue weighted by molar-refractivity contribution is -0.385. The number of amides is 2. The molecule has 2 aromatic rings. The number of nitrogens with one attached hydrogen (secondary N) is 1. The number of carbonyl (C=O) groups excluding carboxylic acids is 2. The monoisotopic (exact) mass is 444 g/mol. The molecular formula is C20H20N4O6S. The van der Waals surface area contributed by atoms with Crippen LogP contribution in [-0.2, 0) is 16.2 Å². The maximum absolute atomic E-state index is 12.0. The van der Waals surface area contributed by atoms with Crippen LogP contribution in [0, 0.1) is 10.1 Å². The summed E-state index contributed by atoms with van der Waals surface area (Å²) >= 11 is 1.22. The maximum Gasteiger partial charge on any atom is 0.276 e. The van der Waals surface area contributed by atoms with Crippen molar-refractivity contribution in [2.45, 2.75) is 25.8 Å². The first kappa shape index (κ1) is 22.1. The standard InChI is InChI=1S/C20H20N4O6S/c1-12(25)21-20-22-23(13(2)26)19(31-20)14-8-9-17(18(10-14)29-3)30-11-15-6-4-5-7-16(15)24(27)28/h4-10,19H,11H2,1-3H3,(H,21,22,25)/t19-/m0/s1. The zero-order valence-corrected chi connectivity index (χ0v) is 17.8. The molecule has 0 bridgehead atoms. The molecule has 31 heavy (non-hydrogen) atoms. The van der Waals surface area contributed by atoms with E-state index in [-0.39, 0.29) is 24.1 Å². The number of hydrogen-bond donors (Lipinski definition) is 1. The van der Waals surface area contributed by atoms with Gasteiger partial charge in [-0.1, -0.05) is 30.0 Å². The number of nitrogens with zero attached hydrogens (tertiary/aromatic N) is 3. The van der Waals surface area contributed by atoms with Gasteiger partial charge in [0.2, 0.25) is 11.8 Å². The highest BCUT2D eigenvalue weighted by Gasteiger charge is 2.33. The number of thioether (sulfide) groups is 1. The van der Waals surface area contributed by atoms with E-state index in [1.807, 2.05) is 0 Å². The average Bonchev–Trinajstić information content (AvgIpc) is 3.15. The zero-order valence-electron chi connectivity index (χ0n) is 17.0. The molecule has 3 rings (SSSR count). The van der Waals surface area contributed by atoms with Crippen LogP contribution in [-0.4, -0.2) is 34.0 Å². The van der Waals surface area contributed by atoms with Gasteiger partial charge in [0.15, 0.2) is 16.7 Å². The van der Waals surface area contributed by atoms with Crippen molar-refractivity contribution >= 4 is 34.4 Å². The van der Waals surface area contributed by atoms with Gasteiger partial charge in [-0.15, -0.1) is 5.10 Å². The Morgan fingerprint density at radius 2 is 1.97 bits per heavy atom. The van der Waals surface area contributed by atoms with Gasteiger partial charge in [-0.2, -0.15) is 0 Å². The minimum Gasteiger partial charge on any atom is -0.493 e. The number of ether oxygens (including phenoxy) is 2. The van der Waals surface area contributed by atoms with Crippen LogP contribution in [0.15, 0.2) is 47.6 Å². The first-order valence-electron chi connectivity index (χ1n) is 9.16. The smallest absolute Gasteiger partial charge is 0.276 e. The average molecular weight is 444 g/mol. The van der Waals surface area contributed by atoms with Gasteiger partial charge in [-0.3, -0.25) is 19.7 Å². The van der Waals surface area contributed by atoms with Gasteiger partial charge in [0.05, 0.1) is 17.6 Å². The summed E-state index contributed by atoms with van der Waals surface area (Å²) in [5, 5.41) is 19.0. The SMILES string of the molecule is COc1cc([C@@H]2SC(NC(C)=O)=NN2C(C)=O)ccc1OCc1ccccc1[N+](=O)[O-]. The number of nitro groups is 1. The van der Waals surface area contributed by atoms with Crippen LogP contribution < -0.4 is 14.8 Å². The molecule has 0 saturated carbocycles. The number of amidine groups is 1. The van der Waals surface area contributed by atoms with Crippen molar-refractivity contribution in [2.24, 2.45) is 5.10 Å². The molecule has 0 aliphatic carbocycles. The fourth-order valence-corrected chi connectivity index (χ4v) is 4.03. The molecule has 1 heterocycles. The van der Waals surface area contributed by atoms with E-state index in [1.54, 1.807) is 36.4 Å². The molecule has 2 amide bonds. The Labute approximate surface area is 182 Å². The minimum atomic E-state index is -0.488. The van der Waals surface area contributed by atoms with Gasteiger partial charge >= 0.3 is 0 Å². The van der Waals surface area contributed by atoms with E-state index in [2.05, 4.69) is 10.4 Å². The molecule has 1 aliphatic heterocycles. The molecule has 0 saturated heterocycles. The Hall–Kier alpha value is -3.60. The number of para-hydroxylation sites is 1. The lowest BCUT2D eigenvalue weighted by Crippen LogP contribution is -2.25. The van der Waals surface area contributed by atoms with Crippen molar-refractivity contribution in [1.82, 2.24) is 10.3 Å². The Bertz CT molecular complexity index is 1060. The second kappa shape index (κ2) is 9.47. The molecule has 10 nitrogen and oxygen atoms in total. The van der Waals surface area contributed by atoms with Gasteiger partial charge in [-0.25, -0.2) is 5.01 Å². The number of hydrazone groups is 1. The molecule has 11 heteroatoms. The summed E-state index contributed by atoms with van der Waals surface area (Å²) in [7, 11) is 1.47. The minimum absolute atomic E-state index is 0.0135. The van der Waals surface area contributed by atoms with E-state index in [4.69, 9.17) is 9.47 Å². The van der Waals surface area contributed by atoms with E-state index in [1.165, 1.54) is 43.8 Å². The van der Waals surface area contributed by atoms with Crippen molar-refractivity contribution in [3.63, 3.8) is 0 Å². The summed E-state index contributed by atoms with van der Waals surface area (Å²) in [5.74, 6) is 0.221. The fraction of sp³-hybridized carbons (Fsp3) is 0.250. The van der Waals surface area contributed by atoms with Crippen LogP contribution in [0.2, 0.25) is 0 Å². The van der Waals surface area contributed by atoms with E-state index in [9.17, 15) is 19.7 Å². The zero-order chi connectivity index (χ0) is 22.5. The van der Waals surface area contributed by atoms with E-state index in [0.29, 0.717) is 27.8 Å². The van der Waals surface area contributed by atoms with Crippen molar-refractivity contribution in [2.75, 3.05) is 7.11 Å². The fourth-order valence-electron chi connectivity index (χ4n) is 2.90. The number of rotatable bonds is 6. The van der Waals surface area contributed by atoms with Crippen LogP contribution in [0.4, 0.5) is 5.69 Å². The topological polar surface area (TPSA) is 123 Å². The van der Waals surface area contributed by atoms with E-state index < -0.39 is 10.3 Å². The first-order chi connectivity index (χ1) is 14.8. The van der Waals surface area contributed by atoms with Crippen LogP contribution in [0.25, 0.3) is 0 Å². The summed E-state index contributed by atoms with van der Waals surface area (Å²) in [6.45, 7) is 2.73. The van der Waals surface area contributed by atoms with Gasteiger partial charge < -0.3 is 14.8 Å². The van der Waals surface area contributed by atoms with Crippen LogP contribution in [0.5, 0.6) is 11.5 Å². The van der Waals surface area contributed by atoms with Crippen molar-refractivity contribution in [3.8, 4) is 11.5 Å². The van der Waals surface area contributed by atoms with Crippen molar-refractivity contribution in [3.05, 3.63) is 63.7 Å². The predicted molar refractivity (Wildman–Crippen MR) is 115 cm³/mol. The van der Waals surface area contributed by atoms with Gasteiger partial charge in [0.25, 0.3) is 5.69 Å². The third-order valence-corrected chi connectivity index (χ3v) is 5.40. The lowest BCUT2D eigenvalue weighted by Gasteiger charge is -2.20. The highest BCUT2D eigenvalue weighted by Crippen LogP contribution is 2.41. The summed E-state index contributed by atoms with van der Waals surface area (Å²) < 4.78 is 11.2. The molecule has 1 N–H and O–H groups in total. The lowest BCUT2D eigenvalue weighted by atomic mass is 10.1. The number of methoxy groups -OCH3 is 1. The summed E-state index contributed by atoms with van der Waals surface area (Å²) in [4.78, 5) is 34.1. The molecule has 2 aromatic carbocycles. The molecular weight excluding hydrogens is 424 g/mol. The van der Waals surface area contributed by atoms with Crippen LogP contribution in [0.3, 0.4) is 0 Å². The molecule has 1 atom stereocenters. The summed E-state index contributed by atoms with van der Waals surface area (Å²) in [6, 6.07) is 11.4. The highest BCUT2D eigenvalue weighted by molar-refractivity contribution is 8.14. The summed E-state index contributed by atoms with van der Waals surface area (Å²) in [5.41, 5.74) is 1.11. The largest absolute Gasteiger partial charge is 0.493 e. The molecule has 1 aliphatic rings. The molecule has 0 fully saturated rings. The Morgan fingerprint density at radius 1 is 1.23 bits per heavy atom. The Balaban J connectivity index is 1.81. The predicted octanol–water partition coefficient (Wildman–Crippen LogP) is 3.18. The Kier molecular flexibility index (Phi) is 6.75. The number of hydrogen-bond acceptors (Lipinski definition) is 8. The van der Waals surface area contributed by atoms with E-state index in [0.717, 1.165) is 0 Å². The Morgan fingerprint density at radius 3 is 2.61 bits per heavy atom.